The molecule has 0 aromatic heterocycles. The van der Waals surface area contributed by atoms with Gasteiger partial charge in [0.15, 0.2) is 0 Å². The summed E-state index contributed by atoms with van der Waals surface area (Å²) in [5.74, 6) is 0.865. The predicted octanol–water partition coefficient (Wildman–Crippen LogP) is 4.63. The van der Waals surface area contributed by atoms with Gasteiger partial charge in [-0.05, 0) is 48.9 Å². The van der Waals surface area contributed by atoms with E-state index in [-0.39, 0.29) is 6.04 Å². The largest absolute Gasteiger partial charge is 0.497 e. The molecule has 0 spiro atoms. The highest BCUT2D eigenvalue weighted by molar-refractivity contribution is 9.10. The third kappa shape index (κ3) is 3.75. The van der Waals surface area contributed by atoms with Crippen LogP contribution in [0.2, 0.25) is 0 Å². The molecule has 19 heavy (non-hydrogen) atoms. The van der Waals surface area contributed by atoms with Crippen molar-refractivity contribution in [3.8, 4) is 5.75 Å². The van der Waals surface area contributed by atoms with Crippen LogP contribution in [0.1, 0.15) is 18.5 Å². The molecule has 1 unspecified atom stereocenters. The zero-order valence-corrected chi connectivity index (χ0v) is 13.3. The van der Waals surface area contributed by atoms with E-state index in [1.807, 2.05) is 31.2 Å². The van der Waals surface area contributed by atoms with E-state index in [0.717, 1.165) is 20.7 Å². The van der Waals surface area contributed by atoms with Crippen molar-refractivity contribution >= 4 is 27.7 Å². The molecule has 0 saturated heterocycles. The van der Waals surface area contributed by atoms with Gasteiger partial charge < -0.3 is 10.5 Å². The fourth-order valence-corrected chi connectivity index (χ4v) is 3.21. The fraction of sp³-hybridized carbons (Fsp3) is 0.200. The zero-order valence-electron chi connectivity index (χ0n) is 10.9. The maximum Gasteiger partial charge on any atom is 0.119 e. The zero-order chi connectivity index (χ0) is 13.8. The second kappa shape index (κ2) is 6.46. The Hall–Kier alpha value is -0.970. The van der Waals surface area contributed by atoms with Gasteiger partial charge in [0.2, 0.25) is 0 Å². The van der Waals surface area contributed by atoms with Crippen molar-refractivity contribution in [2.75, 3.05) is 7.11 Å². The summed E-state index contributed by atoms with van der Waals surface area (Å²) in [5, 5.41) is 0. The van der Waals surface area contributed by atoms with Crippen molar-refractivity contribution in [2.45, 2.75) is 22.8 Å². The third-order valence-corrected chi connectivity index (χ3v) is 4.31. The Labute approximate surface area is 126 Å². The second-order valence-electron chi connectivity index (χ2n) is 4.25. The number of methoxy groups -OCH3 is 1. The smallest absolute Gasteiger partial charge is 0.119 e. The molecular weight excluding hydrogens is 322 g/mol. The summed E-state index contributed by atoms with van der Waals surface area (Å²) in [6, 6.07) is 14.2. The molecule has 0 aliphatic carbocycles. The lowest BCUT2D eigenvalue weighted by Gasteiger charge is -2.13. The summed E-state index contributed by atoms with van der Waals surface area (Å²) in [7, 11) is 1.68. The summed E-state index contributed by atoms with van der Waals surface area (Å²) < 4.78 is 6.29. The van der Waals surface area contributed by atoms with Crippen LogP contribution in [0.4, 0.5) is 0 Å². The molecule has 0 radical (unpaired) electrons. The maximum absolute atomic E-state index is 6.03. The number of benzene rings is 2. The Balaban J connectivity index is 2.32. The van der Waals surface area contributed by atoms with Crippen LogP contribution in [0.25, 0.3) is 0 Å². The molecule has 0 heterocycles. The first-order chi connectivity index (χ1) is 9.10. The van der Waals surface area contributed by atoms with Gasteiger partial charge in [0.25, 0.3) is 0 Å². The van der Waals surface area contributed by atoms with Crippen molar-refractivity contribution < 1.29 is 4.74 Å². The third-order valence-electron chi connectivity index (χ3n) is 2.73. The number of nitrogens with two attached hydrogens (primary N) is 1. The van der Waals surface area contributed by atoms with Crippen molar-refractivity contribution in [3.63, 3.8) is 0 Å². The van der Waals surface area contributed by atoms with Crippen molar-refractivity contribution in [1.29, 1.82) is 0 Å². The number of ether oxygens (including phenoxy) is 1. The minimum absolute atomic E-state index is 0.00519. The van der Waals surface area contributed by atoms with E-state index in [9.17, 15) is 0 Å². The average molecular weight is 338 g/mol. The normalized spacial score (nSPS) is 12.2. The van der Waals surface area contributed by atoms with E-state index in [1.165, 1.54) is 4.90 Å². The molecule has 0 saturated carbocycles. The number of hydrogen-bond acceptors (Lipinski definition) is 3. The van der Waals surface area contributed by atoms with Gasteiger partial charge in [-0.15, -0.1) is 0 Å². The molecule has 2 aromatic rings. The summed E-state index contributed by atoms with van der Waals surface area (Å²) in [6.45, 7) is 2.00. The Morgan fingerprint density at radius 1 is 1.21 bits per heavy atom. The fourth-order valence-electron chi connectivity index (χ4n) is 1.76. The molecule has 4 heteroatoms. The van der Waals surface area contributed by atoms with E-state index >= 15 is 0 Å². The molecule has 0 amide bonds. The highest BCUT2D eigenvalue weighted by Gasteiger charge is 2.09. The molecule has 0 aliphatic heterocycles. The first kappa shape index (κ1) is 14.4. The van der Waals surface area contributed by atoms with Gasteiger partial charge in [0.05, 0.1) is 7.11 Å². The first-order valence-corrected chi connectivity index (χ1v) is 7.58. The average Bonchev–Trinajstić information content (AvgIpc) is 2.41. The van der Waals surface area contributed by atoms with E-state index in [1.54, 1.807) is 18.9 Å². The van der Waals surface area contributed by atoms with Crippen LogP contribution in [0.5, 0.6) is 5.75 Å². The van der Waals surface area contributed by atoms with Crippen LogP contribution in [0, 0.1) is 0 Å². The molecule has 1 atom stereocenters. The van der Waals surface area contributed by atoms with Gasteiger partial charge >= 0.3 is 0 Å². The predicted molar refractivity (Wildman–Crippen MR) is 83.9 cm³/mol. The topological polar surface area (TPSA) is 35.2 Å². The Morgan fingerprint density at radius 3 is 2.68 bits per heavy atom. The minimum atomic E-state index is 0.00519. The lowest BCUT2D eigenvalue weighted by atomic mass is 10.1. The Morgan fingerprint density at radius 2 is 2.00 bits per heavy atom. The molecule has 2 rings (SSSR count). The van der Waals surface area contributed by atoms with Crippen LogP contribution in [0.3, 0.4) is 0 Å². The van der Waals surface area contributed by atoms with Crippen LogP contribution in [-0.2, 0) is 0 Å². The number of hydrogen-bond donors (Lipinski definition) is 1. The van der Waals surface area contributed by atoms with Gasteiger partial charge in [-0.1, -0.05) is 33.8 Å². The van der Waals surface area contributed by atoms with Crippen LogP contribution in [-0.4, -0.2) is 7.11 Å². The molecule has 2 aromatic carbocycles. The van der Waals surface area contributed by atoms with Gasteiger partial charge in [-0.25, -0.2) is 0 Å². The Bertz CT molecular complexity index is 572. The van der Waals surface area contributed by atoms with Crippen molar-refractivity contribution in [3.05, 3.63) is 52.5 Å². The van der Waals surface area contributed by atoms with Crippen LogP contribution in [0.15, 0.2) is 56.7 Å². The Kier molecular flexibility index (Phi) is 4.91. The molecule has 0 fully saturated rings. The number of halogens is 1. The summed E-state index contributed by atoms with van der Waals surface area (Å²) in [5.41, 5.74) is 7.18. The maximum atomic E-state index is 6.03. The summed E-state index contributed by atoms with van der Waals surface area (Å²) >= 11 is 5.19. The molecule has 2 N–H and O–H groups in total. The van der Waals surface area contributed by atoms with Gasteiger partial charge in [0.1, 0.15) is 5.75 Å². The number of rotatable bonds is 4. The lowest BCUT2D eigenvalue weighted by Crippen LogP contribution is -2.06. The molecule has 0 aliphatic rings. The minimum Gasteiger partial charge on any atom is -0.497 e. The summed E-state index contributed by atoms with van der Waals surface area (Å²) in [6.07, 6.45) is 0. The quantitative estimate of drug-likeness (QED) is 0.883. The van der Waals surface area contributed by atoms with Gasteiger partial charge in [-0.2, -0.15) is 0 Å². The van der Waals surface area contributed by atoms with Crippen molar-refractivity contribution in [2.24, 2.45) is 5.73 Å². The standard InChI is InChI=1S/C15H16BrNOS/c1-10(17)14-8-11(16)6-7-15(14)19-13-5-3-4-12(9-13)18-2/h3-10H,17H2,1-2H3. The van der Waals surface area contributed by atoms with Crippen LogP contribution < -0.4 is 10.5 Å². The second-order valence-corrected chi connectivity index (χ2v) is 6.28. The highest BCUT2D eigenvalue weighted by Crippen LogP contribution is 2.35. The van der Waals surface area contributed by atoms with Crippen LogP contribution >= 0.6 is 27.7 Å². The molecule has 2 nitrogen and oxygen atoms in total. The molecule has 0 bridgehead atoms. The van der Waals surface area contributed by atoms with Gasteiger partial charge in [0, 0.05) is 20.3 Å². The monoisotopic (exact) mass is 337 g/mol. The summed E-state index contributed by atoms with van der Waals surface area (Å²) in [4.78, 5) is 2.31. The van der Waals surface area contributed by atoms with E-state index in [0.29, 0.717) is 0 Å². The lowest BCUT2D eigenvalue weighted by molar-refractivity contribution is 0.413. The molecular formula is C15H16BrNOS. The first-order valence-electron chi connectivity index (χ1n) is 5.97. The van der Waals surface area contributed by atoms with E-state index in [2.05, 4.69) is 34.1 Å². The molecule has 100 valence electrons. The van der Waals surface area contributed by atoms with Crippen molar-refractivity contribution in [1.82, 2.24) is 0 Å². The van der Waals surface area contributed by atoms with E-state index < -0.39 is 0 Å². The van der Waals surface area contributed by atoms with Gasteiger partial charge in [-0.3, -0.25) is 0 Å². The highest BCUT2D eigenvalue weighted by atomic mass is 79.9. The SMILES string of the molecule is COc1cccc(Sc2ccc(Br)cc2C(C)N)c1. The van der Waals surface area contributed by atoms with E-state index in [4.69, 9.17) is 10.5 Å².